The van der Waals surface area contributed by atoms with Gasteiger partial charge in [-0.15, -0.1) is 0 Å². The molecule has 3 heteroatoms. The third kappa shape index (κ3) is 3.88. The third-order valence-electron chi connectivity index (χ3n) is 3.63. The Morgan fingerprint density at radius 1 is 1.00 bits per heavy atom. The van der Waals surface area contributed by atoms with E-state index in [1.54, 1.807) is 0 Å². The molecule has 0 unspecified atom stereocenters. The van der Waals surface area contributed by atoms with E-state index in [-0.39, 0.29) is 11.3 Å². The summed E-state index contributed by atoms with van der Waals surface area (Å²) in [7, 11) is 3.96. The first-order chi connectivity index (χ1) is 10.3. The second kappa shape index (κ2) is 6.22. The van der Waals surface area contributed by atoms with Crippen LogP contribution in [0.4, 0.5) is 11.4 Å². The third-order valence-corrected chi connectivity index (χ3v) is 3.63. The van der Waals surface area contributed by atoms with Crippen LogP contribution in [0, 0.1) is 0 Å². The number of anilines is 2. The molecule has 0 bridgehead atoms. The minimum absolute atomic E-state index is 0.0867. The van der Waals surface area contributed by atoms with Crippen molar-refractivity contribution in [1.29, 1.82) is 0 Å². The summed E-state index contributed by atoms with van der Waals surface area (Å²) >= 11 is 0. The monoisotopic (exact) mass is 296 g/mol. The molecule has 3 nitrogen and oxygen atoms in total. The molecule has 0 aliphatic heterocycles. The predicted octanol–water partition coefficient (Wildman–Crippen LogP) is 4.30. The van der Waals surface area contributed by atoms with Crippen molar-refractivity contribution in [3.05, 3.63) is 59.7 Å². The zero-order chi connectivity index (χ0) is 16.3. The van der Waals surface area contributed by atoms with E-state index in [9.17, 15) is 4.79 Å². The highest BCUT2D eigenvalue weighted by atomic mass is 16.1. The first-order valence-electron chi connectivity index (χ1n) is 7.46. The van der Waals surface area contributed by atoms with Gasteiger partial charge in [-0.05, 0) is 41.3 Å². The summed E-state index contributed by atoms with van der Waals surface area (Å²) in [5.74, 6) is -0.0867. The molecule has 0 saturated heterocycles. The molecular weight excluding hydrogens is 272 g/mol. The maximum absolute atomic E-state index is 12.3. The highest BCUT2D eigenvalue weighted by Gasteiger charge is 2.14. The van der Waals surface area contributed by atoms with Crippen molar-refractivity contribution in [2.24, 2.45) is 0 Å². The van der Waals surface area contributed by atoms with Gasteiger partial charge < -0.3 is 10.2 Å². The van der Waals surface area contributed by atoms with Crippen LogP contribution in [0.2, 0.25) is 0 Å². The van der Waals surface area contributed by atoms with E-state index >= 15 is 0 Å². The van der Waals surface area contributed by atoms with E-state index < -0.39 is 0 Å². The molecule has 0 radical (unpaired) electrons. The standard InChI is InChI=1S/C19H24N2O/c1-19(2,3)15-11-9-14(10-12-15)18(22)20-16-7-6-8-17(13-16)21(4)5/h6-13H,1-5H3,(H,20,22). The maximum atomic E-state index is 12.3. The Labute approximate surface area is 133 Å². The summed E-state index contributed by atoms with van der Waals surface area (Å²) in [6.07, 6.45) is 0. The SMILES string of the molecule is CN(C)c1cccc(NC(=O)c2ccc(C(C)(C)C)cc2)c1. The Kier molecular flexibility index (Phi) is 4.55. The highest BCUT2D eigenvalue weighted by molar-refractivity contribution is 6.04. The quantitative estimate of drug-likeness (QED) is 0.915. The summed E-state index contributed by atoms with van der Waals surface area (Å²) in [5, 5.41) is 2.95. The van der Waals surface area contributed by atoms with Crippen LogP contribution in [0.5, 0.6) is 0 Å². The lowest BCUT2D eigenvalue weighted by Crippen LogP contribution is -2.15. The largest absolute Gasteiger partial charge is 0.378 e. The summed E-state index contributed by atoms with van der Waals surface area (Å²) in [5.41, 5.74) is 3.84. The molecule has 2 aromatic rings. The van der Waals surface area contributed by atoms with Gasteiger partial charge in [0.25, 0.3) is 5.91 Å². The van der Waals surface area contributed by atoms with Crippen molar-refractivity contribution >= 4 is 17.3 Å². The van der Waals surface area contributed by atoms with Crippen molar-refractivity contribution in [3.8, 4) is 0 Å². The van der Waals surface area contributed by atoms with Crippen LogP contribution in [0.1, 0.15) is 36.7 Å². The van der Waals surface area contributed by atoms with Crippen molar-refractivity contribution in [1.82, 2.24) is 0 Å². The molecule has 0 aliphatic rings. The van der Waals surface area contributed by atoms with Crippen LogP contribution in [-0.2, 0) is 5.41 Å². The number of carbonyl (C=O) groups excluding carboxylic acids is 1. The lowest BCUT2D eigenvalue weighted by Gasteiger charge is -2.19. The fraction of sp³-hybridized carbons (Fsp3) is 0.316. The Hall–Kier alpha value is -2.29. The van der Waals surface area contributed by atoms with Gasteiger partial charge in [-0.2, -0.15) is 0 Å². The number of hydrogen-bond donors (Lipinski definition) is 1. The molecular formula is C19H24N2O. The molecule has 0 atom stereocenters. The first kappa shape index (κ1) is 16.1. The highest BCUT2D eigenvalue weighted by Crippen LogP contribution is 2.23. The second-order valence-corrected chi connectivity index (χ2v) is 6.73. The molecule has 1 N–H and O–H groups in total. The van der Waals surface area contributed by atoms with E-state index in [4.69, 9.17) is 0 Å². The van der Waals surface area contributed by atoms with Gasteiger partial charge in [0, 0.05) is 31.0 Å². The Bertz CT molecular complexity index is 652. The minimum atomic E-state index is -0.0867. The average molecular weight is 296 g/mol. The predicted molar refractivity (Wildman–Crippen MR) is 93.9 cm³/mol. The second-order valence-electron chi connectivity index (χ2n) is 6.73. The van der Waals surface area contributed by atoms with E-state index in [1.165, 1.54) is 5.56 Å². The van der Waals surface area contributed by atoms with Crippen molar-refractivity contribution in [2.75, 3.05) is 24.3 Å². The number of rotatable bonds is 3. The van der Waals surface area contributed by atoms with E-state index in [0.29, 0.717) is 5.56 Å². The molecule has 0 saturated carbocycles. The molecule has 0 aromatic heterocycles. The topological polar surface area (TPSA) is 32.3 Å². The van der Waals surface area contributed by atoms with E-state index in [0.717, 1.165) is 11.4 Å². The Balaban J connectivity index is 2.14. The number of hydrogen-bond acceptors (Lipinski definition) is 2. The lowest BCUT2D eigenvalue weighted by molar-refractivity contribution is 0.102. The van der Waals surface area contributed by atoms with Crippen LogP contribution >= 0.6 is 0 Å². The van der Waals surface area contributed by atoms with Crippen LogP contribution < -0.4 is 10.2 Å². The van der Waals surface area contributed by atoms with Crippen molar-refractivity contribution < 1.29 is 4.79 Å². The zero-order valence-electron chi connectivity index (χ0n) is 14.0. The molecule has 2 rings (SSSR count). The fourth-order valence-electron chi connectivity index (χ4n) is 2.19. The van der Waals surface area contributed by atoms with Crippen LogP contribution in [-0.4, -0.2) is 20.0 Å². The molecule has 0 spiro atoms. The van der Waals surface area contributed by atoms with Gasteiger partial charge in [0.1, 0.15) is 0 Å². The van der Waals surface area contributed by atoms with Gasteiger partial charge in [-0.1, -0.05) is 39.0 Å². The van der Waals surface area contributed by atoms with E-state index in [2.05, 4.69) is 26.1 Å². The molecule has 2 aromatic carbocycles. The van der Waals surface area contributed by atoms with E-state index in [1.807, 2.05) is 67.5 Å². The number of carbonyl (C=O) groups is 1. The summed E-state index contributed by atoms with van der Waals surface area (Å²) in [6.45, 7) is 6.48. The van der Waals surface area contributed by atoms with Crippen LogP contribution in [0.3, 0.4) is 0 Å². The van der Waals surface area contributed by atoms with Crippen molar-refractivity contribution in [2.45, 2.75) is 26.2 Å². The number of nitrogens with one attached hydrogen (secondary N) is 1. The van der Waals surface area contributed by atoms with Gasteiger partial charge in [0.05, 0.1) is 0 Å². The maximum Gasteiger partial charge on any atom is 0.255 e. The van der Waals surface area contributed by atoms with Gasteiger partial charge in [0.2, 0.25) is 0 Å². The number of amides is 1. The molecule has 0 heterocycles. The van der Waals surface area contributed by atoms with Gasteiger partial charge in [-0.25, -0.2) is 0 Å². The molecule has 116 valence electrons. The molecule has 1 amide bonds. The summed E-state index contributed by atoms with van der Waals surface area (Å²) in [6, 6.07) is 15.6. The smallest absolute Gasteiger partial charge is 0.255 e. The fourth-order valence-corrected chi connectivity index (χ4v) is 2.19. The average Bonchev–Trinajstić information content (AvgIpc) is 2.46. The lowest BCUT2D eigenvalue weighted by atomic mass is 9.87. The van der Waals surface area contributed by atoms with Crippen molar-refractivity contribution in [3.63, 3.8) is 0 Å². The van der Waals surface area contributed by atoms with Gasteiger partial charge >= 0.3 is 0 Å². The number of nitrogens with zero attached hydrogens (tertiary/aromatic N) is 1. The minimum Gasteiger partial charge on any atom is -0.378 e. The summed E-state index contributed by atoms with van der Waals surface area (Å²) < 4.78 is 0. The van der Waals surface area contributed by atoms with Crippen LogP contribution in [0.15, 0.2) is 48.5 Å². The molecule has 22 heavy (non-hydrogen) atoms. The van der Waals surface area contributed by atoms with Gasteiger partial charge in [0.15, 0.2) is 0 Å². The first-order valence-corrected chi connectivity index (χ1v) is 7.46. The van der Waals surface area contributed by atoms with Crippen LogP contribution in [0.25, 0.3) is 0 Å². The molecule has 0 aliphatic carbocycles. The Morgan fingerprint density at radius 2 is 1.64 bits per heavy atom. The zero-order valence-corrected chi connectivity index (χ0v) is 14.0. The number of benzene rings is 2. The summed E-state index contributed by atoms with van der Waals surface area (Å²) in [4.78, 5) is 14.3. The Morgan fingerprint density at radius 3 is 2.18 bits per heavy atom. The van der Waals surface area contributed by atoms with Gasteiger partial charge in [-0.3, -0.25) is 4.79 Å². The normalized spacial score (nSPS) is 11.1. The molecule has 0 fully saturated rings.